The average Bonchev–Trinajstić information content (AvgIpc) is 3.03. The minimum atomic E-state index is 0.0549. The number of likely N-dealkylation sites (tertiary alicyclic amines) is 1. The molecule has 2 fully saturated rings. The highest BCUT2D eigenvalue weighted by molar-refractivity contribution is 6.05. The van der Waals surface area contributed by atoms with Crippen molar-refractivity contribution in [2.45, 2.75) is 6.42 Å². The highest BCUT2D eigenvalue weighted by Crippen LogP contribution is 2.44. The molecule has 22 heavy (non-hydrogen) atoms. The van der Waals surface area contributed by atoms with Crippen LogP contribution in [0.2, 0.25) is 0 Å². The molecule has 5 nitrogen and oxygen atoms in total. The zero-order valence-electron chi connectivity index (χ0n) is 12.6. The van der Waals surface area contributed by atoms with E-state index in [0.717, 1.165) is 30.5 Å². The van der Waals surface area contributed by atoms with E-state index in [0.29, 0.717) is 17.5 Å². The minimum Gasteiger partial charge on any atom is -0.376 e. The maximum atomic E-state index is 13.1. The second-order valence-electron chi connectivity index (χ2n) is 6.61. The quantitative estimate of drug-likeness (QED) is 0.805. The third-order valence-electron chi connectivity index (χ3n) is 5.39. The molecule has 2 saturated heterocycles. The van der Waals surface area contributed by atoms with Gasteiger partial charge in [-0.2, -0.15) is 5.10 Å². The van der Waals surface area contributed by atoms with Gasteiger partial charge in [-0.15, -0.1) is 0 Å². The van der Waals surface area contributed by atoms with Crippen molar-refractivity contribution < 1.29 is 4.79 Å². The van der Waals surface area contributed by atoms with E-state index < -0.39 is 0 Å². The van der Waals surface area contributed by atoms with Crippen molar-refractivity contribution >= 4 is 16.8 Å². The van der Waals surface area contributed by atoms with Crippen LogP contribution in [0.3, 0.4) is 0 Å². The SMILES string of the molecule is Cn1nc(C(=O)N2C[C@@H]3CN4C=C2[C@H]3CC4)c2ccccc21. The fourth-order valence-electron chi connectivity index (χ4n) is 4.34. The summed E-state index contributed by atoms with van der Waals surface area (Å²) < 4.78 is 1.80. The smallest absolute Gasteiger partial charge is 0.279 e. The Morgan fingerprint density at radius 2 is 2.14 bits per heavy atom. The van der Waals surface area contributed by atoms with Gasteiger partial charge in [-0.1, -0.05) is 18.2 Å². The lowest BCUT2D eigenvalue weighted by molar-refractivity contribution is 0.0815. The van der Waals surface area contributed by atoms with Crippen molar-refractivity contribution in [3.8, 4) is 0 Å². The fraction of sp³-hybridized carbons (Fsp3) is 0.412. The molecule has 0 spiro atoms. The fourth-order valence-corrected chi connectivity index (χ4v) is 4.34. The van der Waals surface area contributed by atoms with Crippen LogP contribution in [0.1, 0.15) is 16.9 Å². The van der Waals surface area contributed by atoms with Crippen molar-refractivity contribution in [1.29, 1.82) is 0 Å². The molecule has 0 radical (unpaired) electrons. The molecule has 0 unspecified atom stereocenters. The zero-order chi connectivity index (χ0) is 14.8. The lowest BCUT2D eigenvalue weighted by atomic mass is 9.84. The van der Waals surface area contributed by atoms with Gasteiger partial charge in [0, 0.05) is 55.8 Å². The molecule has 0 aliphatic carbocycles. The first-order valence-corrected chi connectivity index (χ1v) is 7.92. The van der Waals surface area contributed by atoms with Gasteiger partial charge in [0.25, 0.3) is 5.91 Å². The second-order valence-corrected chi connectivity index (χ2v) is 6.61. The summed E-state index contributed by atoms with van der Waals surface area (Å²) in [7, 11) is 1.90. The standard InChI is InChI=1S/C17H18N4O/c1-19-14-5-3-2-4-13(14)16(18-19)17(22)21-9-11-8-20-7-6-12(11)15(21)10-20/h2-5,10-12H,6-9H2,1H3/t11-,12-/m0/s1. The van der Waals surface area contributed by atoms with E-state index in [9.17, 15) is 4.79 Å². The average molecular weight is 294 g/mol. The summed E-state index contributed by atoms with van der Waals surface area (Å²) in [5.74, 6) is 1.23. The van der Waals surface area contributed by atoms with Crippen LogP contribution >= 0.6 is 0 Å². The third-order valence-corrected chi connectivity index (χ3v) is 5.39. The highest BCUT2D eigenvalue weighted by atomic mass is 16.2. The van der Waals surface area contributed by atoms with Crippen LogP contribution in [-0.2, 0) is 7.05 Å². The first-order valence-electron chi connectivity index (χ1n) is 7.92. The molecule has 5 heteroatoms. The van der Waals surface area contributed by atoms with E-state index in [1.807, 2.05) is 36.2 Å². The van der Waals surface area contributed by atoms with Gasteiger partial charge in [-0.25, -0.2) is 0 Å². The third kappa shape index (κ3) is 1.48. The van der Waals surface area contributed by atoms with Crippen molar-refractivity contribution in [2.75, 3.05) is 19.6 Å². The van der Waals surface area contributed by atoms with E-state index in [1.165, 1.54) is 12.1 Å². The van der Waals surface area contributed by atoms with E-state index >= 15 is 0 Å². The number of para-hydroxylation sites is 1. The molecule has 1 aromatic heterocycles. The van der Waals surface area contributed by atoms with Crippen molar-refractivity contribution in [3.63, 3.8) is 0 Å². The maximum absolute atomic E-state index is 13.1. The van der Waals surface area contributed by atoms with Gasteiger partial charge in [0.15, 0.2) is 5.69 Å². The van der Waals surface area contributed by atoms with Crippen molar-refractivity contribution in [2.24, 2.45) is 18.9 Å². The van der Waals surface area contributed by atoms with Gasteiger partial charge in [-0.05, 0) is 12.5 Å². The normalized spacial score (nSPS) is 26.0. The number of benzene rings is 1. The predicted molar refractivity (Wildman–Crippen MR) is 83.0 cm³/mol. The number of carbonyl (C=O) groups excluding carboxylic acids is 1. The summed E-state index contributed by atoms with van der Waals surface area (Å²) in [6.45, 7) is 3.08. The molecule has 5 heterocycles. The van der Waals surface area contributed by atoms with Gasteiger partial charge in [0.1, 0.15) is 0 Å². The van der Waals surface area contributed by atoms with Gasteiger partial charge < -0.3 is 9.80 Å². The second kappa shape index (κ2) is 4.12. The Kier molecular flexibility index (Phi) is 2.30. The van der Waals surface area contributed by atoms with Crippen LogP contribution < -0.4 is 0 Å². The molecule has 2 atom stereocenters. The predicted octanol–water partition coefficient (Wildman–Crippen LogP) is 1.82. The van der Waals surface area contributed by atoms with Gasteiger partial charge in [-0.3, -0.25) is 9.48 Å². The summed E-state index contributed by atoms with van der Waals surface area (Å²) in [4.78, 5) is 17.4. The number of fused-ring (bicyclic) bond motifs is 2. The van der Waals surface area contributed by atoms with Crippen LogP contribution in [-0.4, -0.2) is 45.1 Å². The molecule has 1 aromatic carbocycles. The monoisotopic (exact) mass is 294 g/mol. The van der Waals surface area contributed by atoms with E-state index in [-0.39, 0.29) is 5.91 Å². The summed E-state index contributed by atoms with van der Waals surface area (Å²) in [5.41, 5.74) is 2.80. The first-order chi connectivity index (χ1) is 10.7. The molecule has 4 bridgehead atoms. The summed E-state index contributed by atoms with van der Waals surface area (Å²) >= 11 is 0. The molecule has 112 valence electrons. The Balaban J connectivity index is 1.59. The van der Waals surface area contributed by atoms with E-state index in [2.05, 4.69) is 16.2 Å². The summed E-state index contributed by atoms with van der Waals surface area (Å²) in [6.07, 6.45) is 3.38. The number of aromatic nitrogens is 2. The number of carbonyl (C=O) groups is 1. The molecule has 0 N–H and O–H groups in total. The van der Waals surface area contributed by atoms with E-state index in [4.69, 9.17) is 0 Å². The number of nitrogens with zero attached hydrogens (tertiary/aromatic N) is 4. The van der Waals surface area contributed by atoms with Crippen molar-refractivity contribution in [1.82, 2.24) is 19.6 Å². The largest absolute Gasteiger partial charge is 0.376 e. The number of piperidine rings is 1. The van der Waals surface area contributed by atoms with Crippen LogP contribution in [0.15, 0.2) is 36.2 Å². The van der Waals surface area contributed by atoms with Crippen LogP contribution in [0, 0.1) is 11.8 Å². The van der Waals surface area contributed by atoms with Gasteiger partial charge >= 0.3 is 0 Å². The number of rotatable bonds is 1. The number of hydrogen-bond acceptors (Lipinski definition) is 3. The number of hydrogen-bond donors (Lipinski definition) is 0. The van der Waals surface area contributed by atoms with Crippen molar-refractivity contribution in [3.05, 3.63) is 41.9 Å². The van der Waals surface area contributed by atoms with E-state index in [1.54, 1.807) is 4.68 Å². The minimum absolute atomic E-state index is 0.0549. The maximum Gasteiger partial charge on any atom is 0.279 e. The Bertz CT molecular complexity index is 821. The number of allylic oxidation sites excluding steroid dienone is 1. The molecule has 2 aromatic rings. The lowest BCUT2D eigenvalue weighted by Crippen LogP contribution is -2.40. The molecule has 4 aliphatic rings. The molecule has 1 amide bonds. The lowest BCUT2D eigenvalue weighted by Gasteiger charge is -2.39. The molecule has 0 saturated carbocycles. The Hall–Kier alpha value is -2.30. The summed E-state index contributed by atoms with van der Waals surface area (Å²) in [6, 6.07) is 7.95. The molecule has 4 aliphatic heterocycles. The molecule has 6 rings (SSSR count). The van der Waals surface area contributed by atoms with Crippen LogP contribution in [0.25, 0.3) is 10.9 Å². The van der Waals surface area contributed by atoms with Gasteiger partial charge in [0.05, 0.1) is 5.52 Å². The first kappa shape index (κ1) is 12.3. The number of amides is 1. The van der Waals surface area contributed by atoms with Crippen LogP contribution in [0.5, 0.6) is 0 Å². The molecular weight excluding hydrogens is 276 g/mol. The van der Waals surface area contributed by atoms with Crippen LogP contribution in [0.4, 0.5) is 0 Å². The summed E-state index contributed by atoms with van der Waals surface area (Å²) in [5, 5.41) is 5.44. The van der Waals surface area contributed by atoms with Gasteiger partial charge in [0.2, 0.25) is 0 Å². The zero-order valence-corrected chi connectivity index (χ0v) is 12.6. The number of aryl methyl sites for hydroxylation is 1. The Morgan fingerprint density at radius 1 is 1.27 bits per heavy atom. The topological polar surface area (TPSA) is 41.4 Å². The Labute approximate surface area is 128 Å². The highest BCUT2D eigenvalue weighted by Gasteiger charge is 2.46. The Morgan fingerprint density at radius 3 is 2.95 bits per heavy atom. The molecular formula is C17H18N4O.